The van der Waals surface area contributed by atoms with Gasteiger partial charge in [-0.1, -0.05) is 0 Å². The number of rotatable bonds is 2. The number of carbonyl (C=O) groups excluding carboxylic acids is 2. The van der Waals surface area contributed by atoms with Crippen molar-refractivity contribution in [1.29, 1.82) is 0 Å². The van der Waals surface area contributed by atoms with Gasteiger partial charge in [-0.2, -0.15) is 0 Å². The first-order chi connectivity index (χ1) is 6.50. The summed E-state index contributed by atoms with van der Waals surface area (Å²) in [5, 5.41) is 11.7. The van der Waals surface area contributed by atoms with Gasteiger partial charge in [-0.3, -0.25) is 9.59 Å². The Labute approximate surface area is 81.2 Å². The number of hydrogen-bond acceptors (Lipinski definition) is 5. The van der Waals surface area contributed by atoms with Gasteiger partial charge in [-0.05, 0) is 0 Å². The summed E-state index contributed by atoms with van der Waals surface area (Å²) < 4.78 is 9.70. The van der Waals surface area contributed by atoms with Gasteiger partial charge in [-0.25, -0.2) is 0 Å². The minimum atomic E-state index is -1.12. The van der Waals surface area contributed by atoms with Crippen LogP contribution in [0.2, 0.25) is 0 Å². The standard InChI is InChI=1S/C8H13NO5/c1-4(10)9-7-6(14-5(2)11)3-13-8(7)12/h6-8,12H,3H2,1-2H3,(H,9,10)/t6-,7+,8-/m1/s1. The third-order valence-corrected chi connectivity index (χ3v) is 1.83. The average molecular weight is 203 g/mol. The van der Waals surface area contributed by atoms with Crippen LogP contribution < -0.4 is 5.32 Å². The number of nitrogens with one attached hydrogen (secondary N) is 1. The van der Waals surface area contributed by atoms with Gasteiger partial charge in [0.2, 0.25) is 5.91 Å². The molecular weight excluding hydrogens is 190 g/mol. The maximum Gasteiger partial charge on any atom is 0.303 e. The largest absolute Gasteiger partial charge is 0.458 e. The van der Waals surface area contributed by atoms with Crippen LogP contribution in [0.4, 0.5) is 0 Å². The van der Waals surface area contributed by atoms with E-state index < -0.39 is 24.4 Å². The molecule has 1 aliphatic heterocycles. The third-order valence-electron chi connectivity index (χ3n) is 1.83. The fourth-order valence-corrected chi connectivity index (χ4v) is 1.30. The third kappa shape index (κ3) is 2.68. The van der Waals surface area contributed by atoms with Crippen molar-refractivity contribution in [2.75, 3.05) is 6.61 Å². The number of aliphatic hydroxyl groups excluding tert-OH is 1. The van der Waals surface area contributed by atoms with Crippen LogP contribution >= 0.6 is 0 Å². The minimum Gasteiger partial charge on any atom is -0.458 e. The molecule has 1 amide bonds. The molecule has 0 aliphatic carbocycles. The van der Waals surface area contributed by atoms with E-state index in [9.17, 15) is 14.7 Å². The molecular formula is C8H13NO5. The van der Waals surface area contributed by atoms with Crippen molar-refractivity contribution in [1.82, 2.24) is 5.32 Å². The van der Waals surface area contributed by atoms with Crippen molar-refractivity contribution >= 4 is 11.9 Å². The van der Waals surface area contributed by atoms with E-state index in [1.165, 1.54) is 13.8 Å². The summed E-state index contributed by atoms with van der Waals surface area (Å²) in [5.74, 6) is -0.778. The quantitative estimate of drug-likeness (QED) is 0.549. The summed E-state index contributed by atoms with van der Waals surface area (Å²) in [6, 6.07) is -0.684. The Kier molecular flexibility index (Phi) is 3.43. The van der Waals surface area contributed by atoms with Crippen molar-refractivity contribution in [2.24, 2.45) is 0 Å². The van der Waals surface area contributed by atoms with E-state index in [2.05, 4.69) is 5.32 Å². The molecule has 1 rings (SSSR count). The van der Waals surface area contributed by atoms with Crippen LogP contribution in [0.3, 0.4) is 0 Å². The smallest absolute Gasteiger partial charge is 0.303 e. The van der Waals surface area contributed by atoms with Gasteiger partial charge in [0.05, 0.1) is 6.61 Å². The SMILES string of the molecule is CC(=O)N[C@@H]1[C@H](O)OC[C@H]1OC(C)=O. The van der Waals surface area contributed by atoms with Gasteiger partial charge < -0.3 is 19.9 Å². The van der Waals surface area contributed by atoms with E-state index in [1.807, 2.05) is 0 Å². The molecule has 2 N–H and O–H groups in total. The number of ether oxygens (including phenoxy) is 2. The normalized spacial score (nSPS) is 31.2. The highest BCUT2D eigenvalue weighted by Gasteiger charge is 2.38. The molecule has 80 valence electrons. The maximum atomic E-state index is 10.8. The van der Waals surface area contributed by atoms with E-state index in [1.54, 1.807) is 0 Å². The lowest BCUT2D eigenvalue weighted by atomic mass is 10.2. The Morgan fingerprint density at radius 2 is 2.14 bits per heavy atom. The van der Waals surface area contributed by atoms with Gasteiger partial charge in [0, 0.05) is 13.8 Å². The summed E-state index contributed by atoms with van der Waals surface area (Å²) >= 11 is 0. The van der Waals surface area contributed by atoms with Crippen molar-refractivity contribution in [3.63, 3.8) is 0 Å². The summed E-state index contributed by atoms with van der Waals surface area (Å²) in [4.78, 5) is 21.4. The lowest BCUT2D eigenvalue weighted by Gasteiger charge is -2.19. The fraction of sp³-hybridized carbons (Fsp3) is 0.750. The molecule has 1 fully saturated rings. The van der Waals surface area contributed by atoms with E-state index >= 15 is 0 Å². The first-order valence-corrected chi connectivity index (χ1v) is 4.24. The molecule has 0 spiro atoms. The molecule has 6 nitrogen and oxygen atoms in total. The van der Waals surface area contributed by atoms with Gasteiger partial charge in [0.15, 0.2) is 12.4 Å². The van der Waals surface area contributed by atoms with Crippen LogP contribution in [0.25, 0.3) is 0 Å². The first kappa shape index (κ1) is 10.9. The maximum absolute atomic E-state index is 10.8. The molecule has 1 heterocycles. The molecule has 0 radical (unpaired) electrons. The van der Waals surface area contributed by atoms with Gasteiger partial charge in [-0.15, -0.1) is 0 Å². The summed E-state index contributed by atoms with van der Waals surface area (Å²) in [5.41, 5.74) is 0. The lowest BCUT2D eigenvalue weighted by molar-refractivity contribution is -0.147. The Balaban J connectivity index is 2.56. The van der Waals surface area contributed by atoms with E-state index in [0.29, 0.717) is 0 Å². The van der Waals surface area contributed by atoms with Gasteiger partial charge in [0.25, 0.3) is 0 Å². The van der Waals surface area contributed by atoms with Crippen molar-refractivity contribution < 1.29 is 24.2 Å². The molecule has 1 saturated heterocycles. The summed E-state index contributed by atoms with van der Waals surface area (Å²) in [6.45, 7) is 2.66. The first-order valence-electron chi connectivity index (χ1n) is 4.24. The number of esters is 1. The zero-order valence-corrected chi connectivity index (χ0v) is 8.02. The Morgan fingerprint density at radius 1 is 1.50 bits per heavy atom. The Bertz CT molecular complexity index is 242. The van der Waals surface area contributed by atoms with Crippen LogP contribution in [0.5, 0.6) is 0 Å². The predicted molar refractivity (Wildman–Crippen MR) is 45.1 cm³/mol. The van der Waals surface area contributed by atoms with Crippen LogP contribution in [-0.2, 0) is 19.1 Å². The van der Waals surface area contributed by atoms with Crippen LogP contribution in [0, 0.1) is 0 Å². The molecule has 0 bridgehead atoms. The molecule has 6 heteroatoms. The van der Waals surface area contributed by atoms with Crippen molar-refractivity contribution in [2.45, 2.75) is 32.3 Å². The van der Waals surface area contributed by atoms with Crippen molar-refractivity contribution in [3.05, 3.63) is 0 Å². The molecule has 3 atom stereocenters. The van der Waals surface area contributed by atoms with Crippen LogP contribution in [0.1, 0.15) is 13.8 Å². The molecule has 1 aliphatic rings. The predicted octanol–water partition coefficient (Wildman–Crippen LogP) is -1.23. The van der Waals surface area contributed by atoms with Crippen LogP contribution in [0.15, 0.2) is 0 Å². The topological polar surface area (TPSA) is 84.9 Å². The minimum absolute atomic E-state index is 0.0890. The highest BCUT2D eigenvalue weighted by molar-refractivity contribution is 5.73. The monoisotopic (exact) mass is 203 g/mol. The van der Waals surface area contributed by atoms with E-state index in [-0.39, 0.29) is 12.5 Å². The summed E-state index contributed by atoms with van der Waals surface area (Å²) in [7, 11) is 0. The molecule has 0 aromatic carbocycles. The van der Waals surface area contributed by atoms with Crippen LogP contribution in [-0.4, -0.2) is 42.0 Å². The van der Waals surface area contributed by atoms with Gasteiger partial charge >= 0.3 is 5.97 Å². The average Bonchev–Trinajstić information content (AvgIpc) is 2.34. The second-order valence-electron chi connectivity index (χ2n) is 3.10. The summed E-state index contributed by atoms with van der Waals surface area (Å²) in [6.07, 6.45) is -1.74. The molecule has 14 heavy (non-hydrogen) atoms. The second kappa shape index (κ2) is 4.39. The zero-order valence-electron chi connectivity index (χ0n) is 8.02. The fourth-order valence-electron chi connectivity index (χ4n) is 1.30. The van der Waals surface area contributed by atoms with Crippen molar-refractivity contribution in [3.8, 4) is 0 Å². The highest BCUT2D eigenvalue weighted by atomic mass is 16.6. The number of amides is 1. The number of carbonyl (C=O) groups is 2. The highest BCUT2D eigenvalue weighted by Crippen LogP contribution is 2.15. The zero-order chi connectivity index (χ0) is 10.7. The number of hydrogen-bond donors (Lipinski definition) is 2. The van der Waals surface area contributed by atoms with Gasteiger partial charge in [0.1, 0.15) is 6.04 Å². The second-order valence-corrected chi connectivity index (χ2v) is 3.10. The molecule has 0 unspecified atom stereocenters. The molecule has 0 aromatic rings. The lowest BCUT2D eigenvalue weighted by Crippen LogP contribution is -2.47. The number of aliphatic hydroxyl groups is 1. The van der Waals surface area contributed by atoms with E-state index in [0.717, 1.165) is 0 Å². The molecule has 0 saturated carbocycles. The van der Waals surface area contributed by atoms with E-state index in [4.69, 9.17) is 9.47 Å². The molecule has 0 aromatic heterocycles. The Hall–Kier alpha value is -1.14. The Morgan fingerprint density at radius 3 is 2.64 bits per heavy atom.